The number of fused-ring (bicyclic) bond motifs is 1. The van der Waals surface area contributed by atoms with E-state index < -0.39 is 11.2 Å². The van der Waals surface area contributed by atoms with Crippen LogP contribution in [0.25, 0.3) is 0 Å². The first-order chi connectivity index (χ1) is 8.59. The molecule has 102 valence electrons. The molecule has 0 saturated heterocycles. The third-order valence-corrected chi connectivity index (χ3v) is 4.90. The van der Waals surface area contributed by atoms with Crippen LogP contribution in [-0.2, 0) is 4.74 Å². The van der Waals surface area contributed by atoms with Gasteiger partial charge in [0.25, 0.3) is 0 Å². The van der Waals surface area contributed by atoms with Crippen LogP contribution < -0.4 is 0 Å². The summed E-state index contributed by atoms with van der Waals surface area (Å²) < 4.78 is 6.07. The Balaban J connectivity index is 2.37. The summed E-state index contributed by atoms with van der Waals surface area (Å²) in [7, 11) is 0. The molecule has 0 amide bonds. The van der Waals surface area contributed by atoms with Crippen molar-refractivity contribution in [3.8, 4) is 0 Å². The van der Waals surface area contributed by atoms with Crippen LogP contribution >= 0.6 is 0 Å². The van der Waals surface area contributed by atoms with Gasteiger partial charge in [-0.2, -0.15) is 0 Å². The Morgan fingerprint density at radius 1 is 1.44 bits per heavy atom. The molecular formula is C16H26O2. The minimum Gasteiger partial charge on any atom is -0.386 e. The summed E-state index contributed by atoms with van der Waals surface area (Å²) in [5.74, 6) is 0.214. The molecule has 1 N–H and O–H groups in total. The number of ether oxygens (including phenoxy) is 1. The predicted octanol–water partition coefficient (Wildman–Crippen LogP) is 3.61. The Hall–Kier alpha value is -0.600. The van der Waals surface area contributed by atoms with E-state index >= 15 is 0 Å². The summed E-state index contributed by atoms with van der Waals surface area (Å²) in [5.41, 5.74) is 0.0530. The van der Waals surface area contributed by atoms with E-state index in [2.05, 4.69) is 13.2 Å². The molecule has 0 unspecified atom stereocenters. The lowest BCUT2D eigenvalue weighted by molar-refractivity contribution is -0.225. The summed E-state index contributed by atoms with van der Waals surface area (Å²) >= 11 is 0. The fourth-order valence-electron chi connectivity index (χ4n) is 4.04. The SMILES string of the molecule is C=CC[C@]1(OCC)CCC(=C)[C@@H]2CCCC[C@]21O. The number of hydrogen-bond donors (Lipinski definition) is 1. The highest BCUT2D eigenvalue weighted by molar-refractivity contribution is 5.23. The van der Waals surface area contributed by atoms with Crippen LogP contribution in [0.2, 0.25) is 0 Å². The van der Waals surface area contributed by atoms with Gasteiger partial charge in [0.2, 0.25) is 0 Å². The normalized spacial score (nSPS) is 40.3. The second-order valence-corrected chi connectivity index (χ2v) is 5.80. The lowest BCUT2D eigenvalue weighted by Gasteiger charge is -2.56. The van der Waals surface area contributed by atoms with Crippen molar-refractivity contribution in [2.75, 3.05) is 6.61 Å². The molecule has 0 spiro atoms. The van der Waals surface area contributed by atoms with E-state index in [0.717, 1.165) is 38.5 Å². The quantitative estimate of drug-likeness (QED) is 0.772. The first kappa shape index (κ1) is 13.8. The Bertz CT molecular complexity index is 334. The largest absolute Gasteiger partial charge is 0.386 e. The zero-order chi connectivity index (χ0) is 13.2. The van der Waals surface area contributed by atoms with Gasteiger partial charge in [-0.25, -0.2) is 0 Å². The van der Waals surface area contributed by atoms with Crippen LogP contribution in [-0.4, -0.2) is 22.9 Å². The van der Waals surface area contributed by atoms with Crippen LogP contribution in [0.15, 0.2) is 24.8 Å². The average Bonchev–Trinajstić information content (AvgIpc) is 2.35. The molecule has 2 nitrogen and oxygen atoms in total. The Morgan fingerprint density at radius 3 is 2.89 bits per heavy atom. The molecule has 0 aromatic rings. The van der Waals surface area contributed by atoms with Crippen molar-refractivity contribution in [2.45, 2.75) is 63.1 Å². The van der Waals surface area contributed by atoms with E-state index in [4.69, 9.17) is 4.74 Å². The molecular weight excluding hydrogens is 224 g/mol. The van der Waals surface area contributed by atoms with E-state index in [-0.39, 0.29) is 5.92 Å². The van der Waals surface area contributed by atoms with E-state index in [1.165, 1.54) is 12.0 Å². The van der Waals surface area contributed by atoms with Crippen molar-refractivity contribution in [3.63, 3.8) is 0 Å². The van der Waals surface area contributed by atoms with Crippen LogP contribution in [0, 0.1) is 5.92 Å². The van der Waals surface area contributed by atoms with E-state index in [1.807, 2.05) is 13.0 Å². The Morgan fingerprint density at radius 2 is 2.22 bits per heavy atom. The highest BCUT2D eigenvalue weighted by atomic mass is 16.5. The molecule has 0 aromatic heterocycles. The van der Waals surface area contributed by atoms with Crippen molar-refractivity contribution in [3.05, 3.63) is 24.8 Å². The molecule has 0 aliphatic heterocycles. The molecule has 0 aromatic carbocycles. The predicted molar refractivity (Wildman–Crippen MR) is 74.5 cm³/mol. The zero-order valence-electron chi connectivity index (χ0n) is 11.6. The standard InChI is InChI=1S/C16H26O2/c1-4-10-15(18-5-2)12-9-13(3)14-8-6-7-11-16(14,15)17/h4,14,17H,1,3,5-12H2,2H3/t14-,15-,16-/m0/s1. The fraction of sp³-hybridized carbons (Fsp3) is 0.750. The summed E-state index contributed by atoms with van der Waals surface area (Å²) in [6.07, 6.45) is 8.66. The fourth-order valence-corrected chi connectivity index (χ4v) is 4.04. The highest BCUT2D eigenvalue weighted by Gasteiger charge is 2.58. The molecule has 0 radical (unpaired) electrons. The van der Waals surface area contributed by atoms with Crippen molar-refractivity contribution >= 4 is 0 Å². The highest BCUT2D eigenvalue weighted by Crippen LogP contribution is 2.53. The maximum absolute atomic E-state index is 11.3. The van der Waals surface area contributed by atoms with Gasteiger partial charge in [0.1, 0.15) is 11.2 Å². The average molecular weight is 250 g/mol. The summed E-state index contributed by atoms with van der Waals surface area (Å²) in [5, 5.41) is 11.3. The first-order valence-corrected chi connectivity index (χ1v) is 7.24. The molecule has 18 heavy (non-hydrogen) atoms. The van der Waals surface area contributed by atoms with Gasteiger partial charge < -0.3 is 9.84 Å². The lowest BCUT2D eigenvalue weighted by atomic mass is 9.57. The minimum absolute atomic E-state index is 0.214. The third-order valence-electron chi connectivity index (χ3n) is 4.90. The van der Waals surface area contributed by atoms with Crippen LogP contribution in [0.4, 0.5) is 0 Å². The summed E-state index contributed by atoms with van der Waals surface area (Å²) in [4.78, 5) is 0. The zero-order valence-corrected chi connectivity index (χ0v) is 11.6. The monoisotopic (exact) mass is 250 g/mol. The number of aliphatic hydroxyl groups is 1. The van der Waals surface area contributed by atoms with Gasteiger partial charge in [-0.3, -0.25) is 0 Å². The van der Waals surface area contributed by atoms with Crippen LogP contribution in [0.3, 0.4) is 0 Å². The molecule has 0 heterocycles. The maximum atomic E-state index is 11.3. The number of rotatable bonds is 4. The van der Waals surface area contributed by atoms with Crippen molar-refractivity contribution in [1.82, 2.24) is 0 Å². The van der Waals surface area contributed by atoms with Crippen molar-refractivity contribution in [2.24, 2.45) is 5.92 Å². The molecule has 2 aliphatic carbocycles. The summed E-state index contributed by atoms with van der Waals surface area (Å²) in [6, 6.07) is 0. The Kier molecular flexibility index (Phi) is 3.98. The molecule has 2 heteroatoms. The van der Waals surface area contributed by atoms with Gasteiger partial charge in [0, 0.05) is 12.5 Å². The van der Waals surface area contributed by atoms with Crippen LogP contribution in [0.1, 0.15) is 51.9 Å². The minimum atomic E-state index is -0.731. The Labute approximate surface area is 111 Å². The molecule has 2 fully saturated rings. The second kappa shape index (κ2) is 5.18. The van der Waals surface area contributed by atoms with Crippen molar-refractivity contribution in [1.29, 1.82) is 0 Å². The van der Waals surface area contributed by atoms with Crippen LogP contribution in [0.5, 0.6) is 0 Å². The van der Waals surface area contributed by atoms with Gasteiger partial charge in [0.15, 0.2) is 0 Å². The van der Waals surface area contributed by atoms with E-state index in [1.54, 1.807) is 0 Å². The lowest BCUT2D eigenvalue weighted by Crippen LogP contribution is -2.63. The van der Waals surface area contributed by atoms with Gasteiger partial charge in [-0.15, -0.1) is 6.58 Å². The third kappa shape index (κ3) is 1.96. The molecule has 2 rings (SSSR count). The molecule has 3 atom stereocenters. The van der Waals surface area contributed by atoms with Gasteiger partial charge in [-0.1, -0.05) is 31.1 Å². The first-order valence-electron chi connectivity index (χ1n) is 7.24. The smallest absolute Gasteiger partial charge is 0.101 e. The summed E-state index contributed by atoms with van der Waals surface area (Å²) in [6.45, 7) is 10.7. The van der Waals surface area contributed by atoms with Gasteiger partial charge >= 0.3 is 0 Å². The molecule has 2 aliphatic rings. The maximum Gasteiger partial charge on any atom is 0.101 e. The van der Waals surface area contributed by atoms with Gasteiger partial charge in [-0.05, 0) is 39.0 Å². The number of hydrogen-bond acceptors (Lipinski definition) is 2. The van der Waals surface area contributed by atoms with Gasteiger partial charge in [0.05, 0.1) is 0 Å². The van der Waals surface area contributed by atoms with E-state index in [9.17, 15) is 5.11 Å². The second-order valence-electron chi connectivity index (χ2n) is 5.80. The van der Waals surface area contributed by atoms with Crippen molar-refractivity contribution < 1.29 is 9.84 Å². The molecule has 0 bridgehead atoms. The molecule has 2 saturated carbocycles. The topological polar surface area (TPSA) is 29.5 Å². The van der Waals surface area contributed by atoms with E-state index in [0.29, 0.717) is 6.61 Å².